The van der Waals surface area contributed by atoms with Gasteiger partial charge in [-0.05, 0) is 60.6 Å². The first kappa shape index (κ1) is 24.0. The van der Waals surface area contributed by atoms with Crippen LogP contribution >= 0.6 is 0 Å². The second-order valence-electron chi connectivity index (χ2n) is 9.69. The smallest absolute Gasteiger partial charge is 0.253 e. The van der Waals surface area contributed by atoms with Gasteiger partial charge in [-0.15, -0.1) is 0 Å². The van der Waals surface area contributed by atoms with Gasteiger partial charge in [0.05, 0.1) is 5.52 Å². The Morgan fingerprint density at radius 2 is 1.53 bits per heavy atom. The summed E-state index contributed by atoms with van der Waals surface area (Å²) in [5.41, 5.74) is 4.12. The van der Waals surface area contributed by atoms with Gasteiger partial charge in [0.2, 0.25) is 5.91 Å². The fourth-order valence-corrected chi connectivity index (χ4v) is 5.11. The van der Waals surface area contributed by atoms with Gasteiger partial charge in [0, 0.05) is 49.7 Å². The highest BCUT2D eigenvalue weighted by Crippen LogP contribution is 2.24. The molecule has 4 aromatic rings. The van der Waals surface area contributed by atoms with E-state index >= 15 is 0 Å². The molecule has 1 amide bonds. The van der Waals surface area contributed by atoms with E-state index in [1.54, 1.807) is 4.57 Å². The van der Waals surface area contributed by atoms with E-state index in [4.69, 9.17) is 0 Å². The summed E-state index contributed by atoms with van der Waals surface area (Å²) in [6.07, 6.45) is 5.37. The molecule has 2 heterocycles. The van der Waals surface area contributed by atoms with Crippen LogP contribution in [0.25, 0.3) is 10.9 Å². The molecule has 5 heteroatoms. The Labute approximate surface area is 212 Å². The van der Waals surface area contributed by atoms with Crippen molar-refractivity contribution in [2.45, 2.75) is 32.2 Å². The summed E-state index contributed by atoms with van der Waals surface area (Å²) in [4.78, 5) is 28.0. The van der Waals surface area contributed by atoms with E-state index in [-0.39, 0.29) is 11.8 Å². The van der Waals surface area contributed by atoms with Crippen LogP contribution in [0.4, 0.5) is 0 Å². The molecule has 3 aromatic carbocycles. The van der Waals surface area contributed by atoms with Gasteiger partial charge in [-0.1, -0.05) is 60.7 Å². The van der Waals surface area contributed by atoms with Gasteiger partial charge in [-0.25, -0.2) is 0 Å². The van der Waals surface area contributed by atoms with E-state index in [0.717, 1.165) is 49.8 Å². The Morgan fingerprint density at radius 3 is 2.25 bits per heavy atom. The number of fused-ring (bicyclic) bond motifs is 1. The van der Waals surface area contributed by atoms with Crippen LogP contribution in [-0.2, 0) is 13.0 Å². The minimum absolute atomic E-state index is 0.0464. The highest BCUT2D eigenvalue weighted by atomic mass is 16.2. The number of amides is 1. The summed E-state index contributed by atoms with van der Waals surface area (Å²) in [6.45, 7) is 2.95. The van der Waals surface area contributed by atoms with E-state index in [2.05, 4.69) is 47.8 Å². The van der Waals surface area contributed by atoms with Crippen molar-refractivity contribution < 1.29 is 9.59 Å². The van der Waals surface area contributed by atoms with Gasteiger partial charge in [0.15, 0.2) is 0 Å². The van der Waals surface area contributed by atoms with E-state index in [1.807, 2.05) is 53.6 Å². The number of benzene rings is 3. The zero-order chi connectivity index (χ0) is 24.7. The molecule has 0 bridgehead atoms. The van der Waals surface area contributed by atoms with E-state index < -0.39 is 0 Å². The fourth-order valence-electron chi connectivity index (χ4n) is 5.11. The Morgan fingerprint density at radius 1 is 0.833 bits per heavy atom. The highest BCUT2D eigenvalue weighted by molar-refractivity contribution is 6.00. The predicted molar refractivity (Wildman–Crippen MR) is 144 cm³/mol. The maximum atomic E-state index is 13.2. The lowest BCUT2D eigenvalue weighted by atomic mass is 9.90. The molecule has 1 saturated heterocycles. The molecule has 36 heavy (non-hydrogen) atoms. The summed E-state index contributed by atoms with van der Waals surface area (Å²) in [7, 11) is 0. The number of aromatic nitrogens is 1. The standard InChI is InChI=1S/C31H33N3O2/c35-30(13-17-32-23-26-9-5-2-6-10-26)34-20-16-27-22-28(11-12-29(27)34)31(36)33-18-14-25(15-19-33)21-24-7-3-1-4-8-24/h1-12,16,20,22,25,32H,13-15,17-19,21,23H2. The molecule has 0 saturated carbocycles. The third-order valence-corrected chi connectivity index (χ3v) is 7.16. The van der Waals surface area contributed by atoms with Gasteiger partial charge in [-0.2, -0.15) is 0 Å². The molecule has 0 atom stereocenters. The van der Waals surface area contributed by atoms with Crippen molar-refractivity contribution in [1.82, 2.24) is 14.8 Å². The lowest BCUT2D eigenvalue weighted by Gasteiger charge is -2.32. The fraction of sp³-hybridized carbons (Fsp3) is 0.290. The van der Waals surface area contributed by atoms with Crippen molar-refractivity contribution in [3.63, 3.8) is 0 Å². The zero-order valence-corrected chi connectivity index (χ0v) is 20.6. The SMILES string of the molecule is O=C(c1ccc2c(ccn2C(=O)CCNCc2ccccc2)c1)N1CCC(Cc2ccccc2)CC1. The van der Waals surface area contributed by atoms with Crippen molar-refractivity contribution in [1.29, 1.82) is 0 Å². The molecule has 0 unspecified atom stereocenters. The summed E-state index contributed by atoms with van der Waals surface area (Å²) < 4.78 is 1.70. The van der Waals surface area contributed by atoms with Crippen LogP contribution in [0.15, 0.2) is 91.1 Å². The first-order valence-electron chi connectivity index (χ1n) is 12.9. The Balaban J connectivity index is 1.15. The van der Waals surface area contributed by atoms with E-state index in [1.165, 1.54) is 11.1 Å². The van der Waals surface area contributed by atoms with Gasteiger partial charge in [-0.3, -0.25) is 14.2 Å². The number of carbonyl (C=O) groups is 2. The second kappa shape index (κ2) is 11.4. The quantitative estimate of drug-likeness (QED) is 0.337. The number of likely N-dealkylation sites (tertiary alicyclic amines) is 1. The van der Waals surface area contributed by atoms with Crippen LogP contribution < -0.4 is 5.32 Å². The van der Waals surface area contributed by atoms with Crippen molar-refractivity contribution in [3.05, 3.63) is 108 Å². The van der Waals surface area contributed by atoms with Crippen molar-refractivity contribution in [3.8, 4) is 0 Å². The molecule has 1 aliphatic rings. The largest absolute Gasteiger partial charge is 0.339 e. The first-order chi connectivity index (χ1) is 17.7. The summed E-state index contributed by atoms with van der Waals surface area (Å²) in [5.74, 6) is 0.755. The number of hydrogen-bond acceptors (Lipinski definition) is 3. The number of hydrogen-bond donors (Lipinski definition) is 1. The predicted octanol–water partition coefficient (Wildman–Crippen LogP) is 5.56. The number of piperidine rings is 1. The Hall–Kier alpha value is -3.70. The molecule has 1 aliphatic heterocycles. The maximum Gasteiger partial charge on any atom is 0.253 e. The zero-order valence-electron chi connectivity index (χ0n) is 20.6. The van der Waals surface area contributed by atoms with Crippen LogP contribution in [0.1, 0.15) is 45.5 Å². The molecule has 184 valence electrons. The highest BCUT2D eigenvalue weighted by Gasteiger charge is 2.24. The third kappa shape index (κ3) is 5.74. The van der Waals surface area contributed by atoms with Crippen molar-refractivity contribution >= 4 is 22.7 Å². The molecular weight excluding hydrogens is 446 g/mol. The van der Waals surface area contributed by atoms with Gasteiger partial charge < -0.3 is 10.2 Å². The summed E-state index contributed by atoms with van der Waals surface area (Å²) >= 11 is 0. The maximum absolute atomic E-state index is 13.2. The molecule has 1 fully saturated rings. The van der Waals surface area contributed by atoms with Gasteiger partial charge in [0.1, 0.15) is 0 Å². The van der Waals surface area contributed by atoms with E-state index in [0.29, 0.717) is 24.4 Å². The number of nitrogens with one attached hydrogen (secondary N) is 1. The van der Waals surface area contributed by atoms with Crippen LogP contribution in [0.3, 0.4) is 0 Å². The molecule has 5 rings (SSSR count). The first-order valence-corrected chi connectivity index (χ1v) is 12.9. The van der Waals surface area contributed by atoms with Crippen LogP contribution in [0.5, 0.6) is 0 Å². The van der Waals surface area contributed by atoms with Crippen molar-refractivity contribution in [2.75, 3.05) is 19.6 Å². The lowest BCUT2D eigenvalue weighted by molar-refractivity contribution is 0.0690. The molecule has 1 aromatic heterocycles. The minimum atomic E-state index is 0.0464. The molecule has 5 nitrogen and oxygen atoms in total. The van der Waals surface area contributed by atoms with Crippen LogP contribution in [0.2, 0.25) is 0 Å². The number of carbonyl (C=O) groups excluding carboxylic acids is 2. The van der Waals surface area contributed by atoms with Gasteiger partial charge >= 0.3 is 0 Å². The van der Waals surface area contributed by atoms with Crippen molar-refractivity contribution in [2.24, 2.45) is 5.92 Å². The second-order valence-corrected chi connectivity index (χ2v) is 9.69. The number of nitrogens with zero attached hydrogens (tertiary/aromatic N) is 2. The molecule has 0 radical (unpaired) electrons. The topological polar surface area (TPSA) is 54.3 Å². The summed E-state index contributed by atoms with van der Waals surface area (Å²) in [6, 6.07) is 28.4. The number of rotatable bonds is 8. The van der Waals surface area contributed by atoms with Crippen LogP contribution in [-0.4, -0.2) is 40.9 Å². The molecule has 1 N–H and O–H groups in total. The Kier molecular flexibility index (Phi) is 7.58. The molecular formula is C31H33N3O2. The summed E-state index contributed by atoms with van der Waals surface area (Å²) in [5, 5.41) is 4.26. The molecule has 0 spiro atoms. The normalized spacial score (nSPS) is 14.3. The Bertz CT molecular complexity index is 1310. The monoisotopic (exact) mass is 479 g/mol. The van der Waals surface area contributed by atoms with Gasteiger partial charge in [0.25, 0.3) is 5.91 Å². The molecule has 0 aliphatic carbocycles. The average Bonchev–Trinajstić information content (AvgIpc) is 3.36. The van der Waals surface area contributed by atoms with Crippen LogP contribution in [0, 0.1) is 5.92 Å². The minimum Gasteiger partial charge on any atom is -0.339 e. The van der Waals surface area contributed by atoms with E-state index in [9.17, 15) is 9.59 Å². The lowest BCUT2D eigenvalue weighted by Crippen LogP contribution is -2.38. The average molecular weight is 480 g/mol. The third-order valence-electron chi connectivity index (χ3n) is 7.16.